The number of phosphoric ester groups is 1. The largest absolute Gasteiger partial charge is 0.472 e. The minimum Gasteiger partial charge on any atom is -0.456 e. The maximum atomic E-state index is 13.6. The van der Waals surface area contributed by atoms with Crippen LogP contribution in [-0.2, 0) is 27.9 Å². The van der Waals surface area contributed by atoms with Crippen molar-refractivity contribution in [1.82, 2.24) is 5.32 Å². The first-order valence-corrected chi connectivity index (χ1v) is 34.7. The number of hydrogen-bond acceptors (Lipinski definition) is 6. The Balaban J connectivity index is 5.14. The maximum Gasteiger partial charge on any atom is 0.472 e. The van der Waals surface area contributed by atoms with E-state index >= 15 is 0 Å². The number of quaternary nitrogens is 1. The van der Waals surface area contributed by atoms with Crippen molar-refractivity contribution in [3.05, 3.63) is 24.3 Å². The minimum atomic E-state index is -4.44. The van der Waals surface area contributed by atoms with E-state index in [-0.39, 0.29) is 25.1 Å². The summed E-state index contributed by atoms with van der Waals surface area (Å²) in [7, 11) is 1.51. The van der Waals surface area contributed by atoms with Gasteiger partial charge in [0.15, 0.2) is 0 Å². The van der Waals surface area contributed by atoms with Gasteiger partial charge in [-0.1, -0.05) is 289 Å². The lowest BCUT2D eigenvalue weighted by atomic mass is 10.0. The number of amides is 1. The summed E-state index contributed by atoms with van der Waals surface area (Å²) >= 11 is 0. The van der Waals surface area contributed by atoms with Crippen LogP contribution in [0.5, 0.6) is 0 Å². The number of hydrogen-bond donors (Lipinski definition) is 2. The highest BCUT2D eigenvalue weighted by Crippen LogP contribution is 2.43. The predicted molar refractivity (Wildman–Crippen MR) is 328 cm³/mol. The molecule has 1 amide bonds. The molecule has 450 valence electrons. The zero-order valence-corrected chi connectivity index (χ0v) is 52.4. The molecule has 0 heterocycles. The van der Waals surface area contributed by atoms with E-state index in [9.17, 15) is 19.0 Å². The van der Waals surface area contributed by atoms with Crippen LogP contribution >= 0.6 is 7.82 Å². The molecular weight excluding hydrogens is 964 g/mol. The molecule has 0 aromatic rings. The van der Waals surface area contributed by atoms with Gasteiger partial charge in [0.2, 0.25) is 5.91 Å². The molecule has 0 fully saturated rings. The number of unbranched alkanes of at least 4 members (excludes halogenated alkanes) is 43. The van der Waals surface area contributed by atoms with Crippen molar-refractivity contribution in [3.63, 3.8) is 0 Å². The number of carbonyl (C=O) groups is 2. The molecule has 0 radical (unpaired) electrons. The molecule has 0 aromatic carbocycles. The first-order valence-electron chi connectivity index (χ1n) is 33.2. The predicted octanol–water partition coefficient (Wildman–Crippen LogP) is 20.5. The van der Waals surface area contributed by atoms with E-state index < -0.39 is 20.0 Å². The quantitative estimate of drug-likeness (QED) is 0.0205. The third kappa shape index (κ3) is 57.2. The topological polar surface area (TPSA) is 111 Å². The van der Waals surface area contributed by atoms with Crippen molar-refractivity contribution < 1.29 is 37.3 Å². The van der Waals surface area contributed by atoms with Crippen LogP contribution in [0.1, 0.15) is 335 Å². The molecule has 0 aliphatic heterocycles. The summed E-state index contributed by atoms with van der Waals surface area (Å²) in [5.41, 5.74) is 0. The van der Waals surface area contributed by atoms with E-state index in [4.69, 9.17) is 13.8 Å². The molecule has 10 heteroatoms. The Labute approximate surface area is 473 Å². The van der Waals surface area contributed by atoms with Crippen LogP contribution in [0, 0.1) is 0 Å². The first-order chi connectivity index (χ1) is 36.9. The molecule has 2 N–H and O–H groups in total. The first kappa shape index (κ1) is 74.5. The molecule has 3 atom stereocenters. The molecular formula is C66H130N2O7P+. The highest BCUT2D eigenvalue weighted by molar-refractivity contribution is 7.47. The van der Waals surface area contributed by atoms with Crippen molar-refractivity contribution in [1.29, 1.82) is 0 Å². The van der Waals surface area contributed by atoms with Gasteiger partial charge in [-0.3, -0.25) is 18.6 Å². The van der Waals surface area contributed by atoms with Crippen LogP contribution < -0.4 is 5.32 Å². The van der Waals surface area contributed by atoms with Gasteiger partial charge in [0.05, 0.1) is 33.8 Å². The standard InChI is InChI=1S/C66H129N2O7P/c1-7-10-13-16-19-22-25-28-30-32-33-34-35-37-39-41-44-47-50-53-56-59-66(70)75-64(57-54-51-48-45-42-27-24-21-18-15-12-9-3)63(62-74-76(71,72)73-61-60-68(4,5)6)67-65(69)58-55-52-49-46-43-40-38-36-31-29-26-23-20-17-14-11-8-2/h28,30,54,57,63-64H,7-27,29,31-53,55-56,58-62H2,1-6H3,(H-,67,69,71,72)/p+1/b30-28+,57-54+. The smallest absolute Gasteiger partial charge is 0.456 e. The SMILES string of the molecule is CCCCCCCC/C=C/CCCCCCCCCCCCCC(=O)OC(/C=C/CCCCCCCCCCCC)C(COP(=O)(O)OCC[N+](C)(C)C)NC(=O)CCCCCCCCCCCCCCCCCCC. The van der Waals surface area contributed by atoms with Crippen molar-refractivity contribution in [3.8, 4) is 0 Å². The molecule has 0 bridgehead atoms. The van der Waals surface area contributed by atoms with Gasteiger partial charge in [-0.25, -0.2) is 4.57 Å². The fraction of sp³-hybridized carbons (Fsp3) is 0.909. The average Bonchev–Trinajstić information content (AvgIpc) is 3.38. The zero-order chi connectivity index (χ0) is 55.7. The Bertz CT molecular complexity index is 1350. The summed E-state index contributed by atoms with van der Waals surface area (Å²) in [5.74, 6) is -0.486. The third-order valence-electron chi connectivity index (χ3n) is 15.1. The summed E-state index contributed by atoms with van der Waals surface area (Å²) < 4.78 is 30.8. The lowest BCUT2D eigenvalue weighted by molar-refractivity contribution is -0.870. The van der Waals surface area contributed by atoms with E-state index in [0.29, 0.717) is 23.9 Å². The fourth-order valence-electron chi connectivity index (χ4n) is 10.00. The lowest BCUT2D eigenvalue weighted by Gasteiger charge is -2.27. The monoisotopic (exact) mass is 1090 g/mol. The van der Waals surface area contributed by atoms with Gasteiger partial charge in [0.25, 0.3) is 0 Å². The number of likely N-dealkylation sites (N-methyl/N-ethyl adjacent to an activating group) is 1. The van der Waals surface area contributed by atoms with Crippen molar-refractivity contribution >= 4 is 19.7 Å². The van der Waals surface area contributed by atoms with E-state index in [0.717, 1.165) is 57.8 Å². The van der Waals surface area contributed by atoms with E-state index in [1.165, 1.54) is 244 Å². The Morgan fingerprint density at radius 3 is 1.12 bits per heavy atom. The normalized spacial score (nSPS) is 13.7. The van der Waals surface area contributed by atoms with Gasteiger partial charge in [0.1, 0.15) is 19.3 Å². The number of esters is 1. The van der Waals surface area contributed by atoms with Gasteiger partial charge in [0, 0.05) is 12.8 Å². The minimum absolute atomic E-state index is 0.0441. The molecule has 76 heavy (non-hydrogen) atoms. The Kier molecular flexibility index (Phi) is 55.6. The van der Waals surface area contributed by atoms with Crippen LogP contribution in [0.4, 0.5) is 0 Å². The number of rotatable bonds is 61. The molecule has 0 aliphatic carbocycles. The molecule has 0 aliphatic rings. The van der Waals surface area contributed by atoms with Crippen molar-refractivity contribution in [2.75, 3.05) is 40.9 Å². The summed E-state index contributed by atoms with van der Waals surface area (Å²) in [6.07, 6.45) is 67.5. The molecule has 0 rings (SSSR count). The van der Waals surface area contributed by atoms with Gasteiger partial charge in [-0.2, -0.15) is 0 Å². The van der Waals surface area contributed by atoms with Crippen molar-refractivity contribution in [2.24, 2.45) is 0 Å². The van der Waals surface area contributed by atoms with Gasteiger partial charge >= 0.3 is 13.8 Å². The number of ether oxygens (including phenoxy) is 1. The molecule has 0 saturated carbocycles. The second-order valence-electron chi connectivity index (χ2n) is 24.0. The summed E-state index contributed by atoms with van der Waals surface area (Å²) in [4.78, 5) is 37.8. The summed E-state index contributed by atoms with van der Waals surface area (Å²) in [5, 5.41) is 3.07. The number of allylic oxidation sites excluding steroid dienone is 3. The van der Waals surface area contributed by atoms with E-state index in [1.54, 1.807) is 0 Å². The molecule has 9 nitrogen and oxygen atoms in total. The molecule has 0 aromatic heterocycles. The number of nitrogens with zero attached hydrogens (tertiary/aromatic N) is 1. The van der Waals surface area contributed by atoms with Crippen LogP contribution in [0.15, 0.2) is 24.3 Å². The molecule has 3 unspecified atom stereocenters. The Morgan fingerprint density at radius 2 is 0.763 bits per heavy atom. The summed E-state index contributed by atoms with van der Waals surface area (Å²) in [6.45, 7) is 7.06. The lowest BCUT2D eigenvalue weighted by Crippen LogP contribution is -2.47. The average molecular weight is 1090 g/mol. The number of phosphoric acid groups is 1. The highest BCUT2D eigenvalue weighted by Gasteiger charge is 2.30. The Hall–Kier alpha value is -1.51. The highest BCUT2D eigenvalue weighted by atomic mass is 31.2. The van der Waals surface area contributed by atoms with E-state index in [1.807, 2.05) is 33.3 Å². The van der Waals surface area contributed by atoms with Crippen molar-refractivity contribution in [2.45, 2.75) is 348 Å². The molecule has 0 spiro atoms. The van der Waals surface area contributed by atoms with Crippen LogP contribution in [-0.4, -0.2) is 74.3 Å². The number of carbonyl (C=O) groups excluding carboxylic acids is 2. The van der Waals surface area contributed by atoms with Gasteiger partial charge in [-0.15, -0.1) is 0 Å². The number of nitrogens with one attached hydrogen (secondary N) is 1. The zero-order valence-electron chi connectivity index (χ0n) is 51.5. The summed E-state index contributed by atoms with van der Waals surface area (Å²) in [6, 6.07) is -0.842. The van der Waals surface area contributed by atoms with Crippen LogP contribution in [0.2, 0.25) is 0 Å². The second-order valence-corrected chi connectivity index (χ2v) is 25.5. The van der Waals surface area contributed by atoms with E-state index in [2.05, 4.69) is 38.2 Å². The molecule has 0 saturated heterocycles. The maximum absolute atomic E-state index is 13.6. The van der Waals surface area contributed by atoms with Crippen LogP contribution in [0.3, 0.4) is 0 Å². The third-order valence-corrected chi connectivity index (χ3v) is 16.1. The second kappa shape index (κ2) is 56.8. The fourth-order valence-corrected chi connectivity index (χ4v) is 10.7. The van der Waals surface area contributed by atoms with Crippen LogP contribution in [0.25, 0.3) is 0 Å². The Morgan fingerprint density at radius 1 is 0.447 bits per heavy atom. The van der Waals surface area contributed by atoms with Gasteiger partial charge in [-0.05, 0) is 57.4 Å². The van der Waals surface area contributed by atoms with Gasteiger partial charge < -0.3 is 19.4 Å².